The highest BCUT2D eigenvalue weighted by Gasteiger charge is 2.61. The molecule has 1 atom stereocenters. The molecule has 1 fully saturated rings. The van der Waals surface area contributed by atoms with E-state index >= 15 is 13.2 Å². The van der Waals surface area contributed by atoms with Gasteiger partial charge in [0.25, 0.3) is 0 Å². The van der Waals surface area contributed by atoms with Crippen molar-refractivity contribution in [1.82, 2.24) is 14.9 Å². The fourth-order valence-corrected chi connectivity index (χ4v) is 4.78. The maximum Gasteiger partial charge on any atom is 0.405 e. The Bertz CT molecular complexity index is 1220. The predicted molar refractivity (Wildman–Crippen MR) is 128 cm³/mol. The zero-order valence-corrected chi connectivity index (χ0v) is 20.0. The van der Waals surface area contributed by atoms with E-state index in [1.54, 1.807) is 24.0 Å². The Hall–Kier alpha value is -3.76. The van der Waals surface area contributed by atoms with Crippen LogP contribution in [0.2, 0.25) is 0 Å². The third-order valence-corrected chi connectivity index (χ3v) is 6.60. The first-order chi connectivity index (χ1) is 17.0. The number of aryl methyl sites for hydroxylation is 1. The fourth-order valence-electron chi connectivity index (χ4n) is 4.78. The van der Waals surface area contributed by atoms with E-state index < -0.39 is 23.9 Å². The third-order valence-electron chi connectivity index (χ3n) is 6.60. The molecule has 1 unspecified atom stereocenters. The summed E-state index contributed by atoms with van der Waals surface area (Å²) in [6, 6.07) is 6.02. The van der Waals surface area contributed by atoms with Crippen molar-refractivity contribution in [2.75, 3.05) is 31.1 Å². The first kappa shape index (κ1) is 25.3. The molecule has 2 amide bonds. The average molecular weight is 501 g/mol. The Morgan fingerprint density at radius 2 is 1.83 bits per heavy atom. The van der Waals surface area contributed by atoms with Gasteiger partial charge in [0.15, 0.2) is 5.41 Å². The van der Waals surface area contributed by atoms with E-state index in [0.717, 1.165) is 0 Å². The van der Waals surface area contributed by atoms with Crippen LogP contribution >= 0.6 is 0 Å². The fraction of sp³-hybridized carbons (Fsp3) is 0.400. The van der Waals surface area contributed by atoms with Crippen LogP contribution in [0.4, 0.5) is 18.9 Å². The number of carbonyl (C=O) groups is 2. The van der Waals surface area contributed by atoms with E-state index in [4.69, 9.17) is 5.73 Å². The number of nitrogens with two attached hydrogens (primary N) is 1. The molecule has 0 aromatic carbocycles. The van der Waals surface area contributed by atoms with Gasteiger partial charge in [-0.15, -0.1) is 0 Å². The molecule has 2 aromatic rings. The van der Waals surface area contributed by atoms with Gasteiger partial charge in [-0.2, -0.15) is 13.2 Å². The summed E-state index contributed by atoms with van der Waals surface area (Å²) in [4.78, 5) is 39.5. The van der Waals surface area contributed by atoms with Gasteiger partial charge < -0.3 is 15.5 Å². The Labute approximate surface area is 206 Å². The largest absolute Gasteiger partial charge is 0.405 e. The van der Waals surface area contributed by atoms with Gasteiger partial charge in [-0.3, -0.25) is 24.5 Å². The minimum atomic E-state index is -4.78. The molecule has 11 heteroatoms. The van der Waals surface area contributed by atoms with E-state index in [9.17, 15) is 9.59 Å². The smallest absolute Gasteiger partial charge is 0.369 e. The Balaban J connectivity index is 1.76. The van der Waals surface area contributed by atoms with Crippen LogP contribution in [-0.4, -0.2) is 64.7 Å². The van der Waals surface area contributed by atoms with Gasteiger partial charge in [0.05, 0.1) is 23.3 Å². The van der Waals surface area contributed by atoms with Crippen LogP contribution in [-0.2, 0) is 15.0 Å². The molecule has 0 aliphatic carbocycles. The van der Waals surface area contributed by atoms with Crippen molar-refractivity contribution in [3.63, 3.8) is 0 Å². The summed E-state index contributed by atoms with van der Waals surface area (Å²) >= 11 is 0. The summed E-state index contributed by atoms with van der Waals surface area (Å²) in [6.45, 7) is 5.37. The molecule has 0 saturated carbocycles. The molecule has 0 radical (unpaired) electrons. The van der Waals surface area contributed by atoms with Crippen LogP contribution < -0.4 is 10.6 Å². The number of primary amides is 1. The lowest BCUT2D eigenvalue weighted by Gasteiger charge is -2.39. The molecule has 4 heterocycles. The normalized spacial score (nSPS) is 20.6. The van der Waals surface area contributed by atoms with Crippen LogP contribution in [0.15, 0.2) is 53.4 Å². The standard InChI is InChI=1S/C25H27F3N6O2/c1-16-11-19(5-6-30-16)23-24(25(26,27)28,13-18(14-32-23)12-22(29)36)21-4-3-20(15-31-21)34-9-7-33(8-10-34)17(2)35/h3-6,11,14-15H,7-10,12-13H2,1-2H3,(H2,29,36). The molecule has 0 spiro atoms. The second-order valence-corrected chi connectivity index (χ2v) is 9.07. The Morgan fingerprint density at radius 1 is 1.11 bits per heavy atom. The summed E-state index contributed by atoms with van der Waals surface area (Å²) in [7, 11) is 0. The summed E-state index contributed by atoms with van der Waals surface area (Å²) in [5.74, 6) is -0.741. The molecular formula is C25H27F3N6O2. The lowest BCUT2D eigenvalue weighted by atomic mass is 9.69. The summed E-state index contributed by atoms with van der Waals surface area (Å²) in [5.41, 5.74) is 3.97. The van der Waals surface area contributed by atoms with Gasteiger partial charge >= 0.3 is 6.18 Å². The Morgan fingerprint density at radius 3 is 2.39 bits per heavy atom. The molecule has 2 aliphatic heterocycles. The number of carbonyl (C=O) groups excluding carboxylic acids is 2. The van der Waals surface area contributed by atoms with Crippen molar-refractivity contribution < 1.29 is 22.8 Å². The lowest BCUT2D eigenvalue weighted by molar-refractivity contribution is -0.170. The molecular weight excluding hydrogens is 473 g/mol. The van der Waals surface area contributed by atoms with Crippen LogP contribution in [0, 0.1) is 6.92 Å². The number of aromatic nitrogens is 2. The summed E-state index contributed by atoms with van der Waals surface area (Å²) in [5, 5.41) is 0. The zero-order valence-electron chi connectivity index (χ0n) is 20.0. The SMILES string of the molecule is CC(=O)N1CCN(c2ccc(C3(C(F)(F)F)CC(CC(N)=O)=CN=C3c3ccnc(C)c3)nc2)CC1. The van der Waals surface area contributed by atoms with E-state index in [1.165, 1.54) is 37.7 Å². The number of rotatable bonds is 5. The number of hydrogen-bond donors (Lipinski definition) is 1. The van der Waals surface area contributed by atoms with E-state index in [0.29, 0.717) is 37.6 Å². The van der Waals surface area contributed by atoms with Crippen LogP contribution in [0.5, 0.6) is 0 Å². The molecule has 4 rings (SSSR count). The number of nitrogens with zero attached hydrogens (tertiary/aromatic N) is 5. The minimum Gasteiger partial charge on any atom is -0.369 e. The molecule has 190 valence electrons. The molecule has 0 bridgehead atoms. The summed E-state index contributed by atoms with van der Waals surface area (Å²) in [6.07, 6.45) is -1.47. The van der Waals surface area contributed by atoms with Gasteiger partial charge in [-0.05, 0) is 43.2 Å². The number of piperazine rings is 1. The highest BCUT2D eigenvalue weighted by atomic mass is 19.4. The molecule has 36 heavy (non-hydrogen) atoms. The highest BCUT2D eigenvalue weighted by Crippen LogP contribution is 2.49. The van der Waals surface area contributed by atoms with Gasteiger partial charge in [-0.1, -0.05) is 0 Å². The van der Waals surface area contributed by atoms with E-state index in [-0.39, 0.29) is 34.9 Å². The second-order valence-electron chi connectivity index (χ2n) is 9.07. The van der Waals surface area contributed by atoms with Crippen molar-refractivity contribution in [2.24, 2.45) is 10.7 Å². The number of aliphatic imine (C=N–C) groups is 1. The summed E-state index contributed by atoms with van der Waals surface area (Å²) < 4.78 is 45.2. The predicted octanol–water partition coefficient (Wildman–Crippen LogP) is 2.91. The van der Waals surface area contributed by atoms with Crippen molar-refractivity contribution in [2.45, 2.75) is 38.3 Å². The van der Waals surface area contributed by atoms with Crippen molar-refractivity contribution >= 4 is 23.2 Å². The topological polar surface area (TPSA) is 105 Å². The van der Waals surface area contributed by atoms with E-state index in [1.807, 2.05) is 4.90 Å². The number of hydrogen-bond acceptors (Lipinski definition) is 6. The van der Waals surface area contributed by atoms with Gasteiger partial charge in [0.1, 0.15) is 0 Å². The average Bonchev–Trinajstić information content (AvgIpc) is 2.83. The first-order valence-corrected chi connectivity index (χ1v) is 11.5. The minimum absolute atomic E-state index is 0.00877. The molecule has 2 aromatic heterocycles. The van der Waals surface area contributed by atoms with Crippen LogP contribution in [0.3, 0.4) is 0 Å². The van der Waals surface area contributed by atoms with Crippen molar-refractivity contribution in [3.8, 4) is 0 Å². The number of pyridine rings is 2. The lowest BCUT2D eigenvalue weighted by Crippen LogP contribution is -2.52. The molecule has 2 aliphatic rings. The number of anilines is 1. The highest BCUT2D eigenvalue weighted by molar-refractivity contribution is 6.09. The van der Waals surface area contributed by atoms with Crippen LogP contribution in [0.25, 0.3) is 0 Å². The maximum atomic E-state index is 15.1. The second kappa shape index (κ2) is 9.71. The number of amides is 2. The van der Waals surface area contributed by atoms with Gasteiger partial charge in [0.2, 0.25) is 11.8 Å². The quantitative estimate of drug-likeness (QED) is 0.680. The molecule has 8 nitrogen and oxygen atoms in total. The Kier molecular flexibility index (Phi) is 6.83. The van der Waals surface area contributed by atoms with E-state index in [2.05, 4.69) is 15.0 Å². The third kappa shape index (κ3) is 4.82. The molecule has 2 N–H and O–H groups in total. The van der Waals surface area contributed by atoms with Crippen molar-refractivity contribution in [1.29, 1.82) is 0 Å². The van der Waals surface area contributed by atoms with Gasteiger partial charge in [0, 0.05) is 63.2 Å². The van der Waals surface area contributed by atoms with Gasteiger partial charge in [-0.25, -0.2) is 0 Å². The zero-order chi connectivity index (χ0) is 26.1. The number of halogens is 3. The van der Waals surface area contributed by atoms with Crippen LogP contribution in [0.1, 0.15) is 36.7 Å². The van der Waals surface area contributed by atoms with Crippen molar-refractivity contribution in [3.05, 3.63) is 65.4 Å². The molecule has 1 saturated heterocycles. The number of alkyl halides is 3. The first-order valence-electron chi connectivity index (χ1n) is 11.5. The monoisotopic (exact) mass is 500 g/mol. The maximum absolute atomic E-state index is 15.1.